The van der Waals surface area contributed by atoms with Crippen molar-refractivity contribution < 1.29 is 9.18 Å². The van der Waals surface area contributed by atoms with Crippen LogP contribution >= 0.6 is 15.9 Å². The Balaban J connectivity index is 2.40. The van der Waals surface area contributed by atoms with Crippen LogP contribution in [0.15, 0.2) is 47.1 Å². The Morgan fingerprint density at radius 3 is 2.74 bits per heavy atom. The van der Waals surface area contributed by atoms with Gasteiger partial charge in [-0.1, -0.05) is 22.0 Å². The molecule has 1 atom stereocenters. The van der Waals surface area contributed by atoms with Crippen molar-refractivity contribution in [3.8, 4) is 6.07 Å². The second kappa shape index (κ2) is 5.72. The molecular formula is C14H8BrFN2O. The lowest BCUT2D eigenvalue weighted by Gasteiger charge is -2.08. The molecule has 1 aromatic carbocycles. The Morgan fingerprint density at radius 1 is 1.37 bits per heavy atom. The van der Waals surface area contributed by atoms with Gasteiger partial charge in [0.1, 0.15) is 5.82 Å². The maximum Gasteiger partial charge on any atom is 0.186 e. The first kappa shape index (κ1) is 13.4. The van der Waals surface area contributed by atoms with Crippen molar-refractivity contribution in [3.63, 3.8) is 0 Å². The molecule has 19 heavy (non-hydrogen) atoms. The lowest BCUT2D eigenvalue weighted by molar-refractivity contribution is 0.0977. The summed E-state index contributed by atoms with van der Waals surface area (Å²) in [6, 6.07) is 10.7. The first-order valence-corrected chi connectivity index (χ1v) is 6.22. The largest absolute Gasteiger partial charge is 0.292 e. The number of aromatic nitrogens is 1. The van der Waals surface area contributed by atoms with Gasteiger partial charge in [-0.3, -0.25) is 9.78 Å². The minimum Gasteiger partial charge on any atom is -0.292 e. The molecule has 0 saturated carbocycles. The maximum absolute atomic E-state index is 13.3. The molecule has 0 bridgehead atoms. The smallest absolute Gasteiger partial charge is 0.186 e. The predicted octanol–water partition coefficient (Wildman–Crippen LogP) is 3.47. The number of nitriles is 1. The number of hydrogen-bond donors (Lipinski definition) is 0. The van der Waals surface area contributed by atoms with Crippen LogP contribution in [0.3, 0.4) is 0 Å². The summed E-state index contributed by atoms with van der Waals surface area (Å²) in [5, 5.41) is 9.13. The van der Waals surface area contributed by atoms with Crippen molar-refractivity contribution in [1.29, 1.82) is 5.26 Å². The summed E-state index contributed by atoms with van der Waals surface area (Å²) in [6.45, 7) is 0. The third-order valence-corrected chi connectivity index (χ3v) is 2.98. The Bertz CT molecular complexity index is 632. The highest BCUT2D eigenvalue weighted by molar-refractivity contribution is 9.10. The van der Waals surface area contributed by atoms with Gasteiger partial charge in [0.15, 0.2) is 11.7 Å². The zero-order chi connectivity index (χ0) is 13.8. The van der Waals surface area contributed by atoms with Crippen LogP contribution in [-0.2, 0) is 0 Å². The number of Topliss-reactive ketones (excluding diaryl/α,β-unsaturated/α-hetero) is 1. The number of rotatable bonds is 3. The fourth-order valence-corrected chi connectivity index (χ4v) is 2.13. The summed E-state index contributed by atoms with van der Waals surface area (Å²) >= 11 is 3.12. The van der Waals surface area contributed by atoms with E-state index in [0.717, 1.165) is 6.07 Å². The molecular weight excluding hydrogens is 311 g/mol. The van der Waals surface area contributed by atoms with Gasteiger partial charge >= 0.3 is 0 Å². The van der Waals surface area contributed by atoms with Gasteiger partial charge in [0.25, 0.3) is 0 Å². The Hall–Kier alpha value is -2.06. The Labute approximate surface area is 117 Å². The summed E-state index contributed by atoms with van der Waals surface area (Å²) in [6.07, 6.45) is 1.51. The minimum atomic E-state index is -1.03. The molecule has 5 heteroatoms. The number of carbonyl (C=O) groups excluding carboxylic acids is 1. The second-order valence-corrected chi connectivity index (χ2v) is 4.75. The molecule has 0 spiro atoms. The molecule has 1 unspecified atom stereocenters. The van der Waals surface area contributed by atoms with Crippen molar-refractivity contribution in [2.45, 2.75) is 5.92 Å². The van der Waals surface area contributed by atoms with E-state index in [1.54, 1.807) is 18.2 Å². The maximum atomic E-state index is 13.3. The summed E-state index contributed by atoms with van der Waals surface area (Å²) in [5.74, 6) is -2.04. The van der Waals surface area contributed by atoms with Gasteiger partial charge in [0, 0.05) is 16.2 Å². The van der Waals surface area contributed by atoms with E-state index in [4.69, 9.17) is 5.26 Å². The van der Waals surface area contributed by atoms with E-state index in [2.05, 4.69) is 20.9 Å². The molecule has 0 aliphatic rings. The third kappa shape index (κ3) is 3.04. The van der Waals surface area contributed by atoms with Crippen molar-refractivity contribution in [2.24, 2.45) is 0 Å². The van der Waals surface area contributed by atoms with E-state index in [1.165, 1.54) is 18.3 Å². The number of benzene rings is 1. The standard InChI is InChI=1S/C14H8BrFN2O/c15-10-5-9(6-11(16)7-10)14(19)12(8-17)13-3-1-2-4-18-13/h1-7,12H. The van der Waals surface area contributed by atoms with Gasteiger partial charge in [-0.05, 0) is 30.3 Å². The first-order valence-electron chi connectivity index (χ1n) is 5.42. The molecule has 1 aromatic heterocycles. The molecule has 2 rings (SSSR count). The van der Waals surface area contributed by atoms with Crippen molar-refractivity contribution in [2.75, 3.05) is 0 Å². The lowest BCUT2D eigenvalue weighted by atomic mass is 9.95. The van der Waals surface area contributed by atoms with Crippen LogP contribution in [0.5, 0.6) is 0 Å². The number of ketones is 1. The zero-order valence-corrected chi connectivity index (χ0v) is 11.3. The molecule has 0 radical (unpaired) electrons. The molecule has 2 aromatic rings. The van der Waals surface area contributed by atoms with Crippen molar-refractivity contribution in [3.05, 3.63) is 64.1 Å². The molecule has 0 saturated heterocycles. The molecule has 0 amide bonds. The van der Waals surface area contributed by atoms with Crippen LogP contribution in [0.4, 0.5) is 4.39 Å². The SMILES string of the molecule is N#CC(C(=O)c1cc(F)cc(Br)c1)c1ccccn1. The minimum absolute atomic E-state index is 0.143. The van der Waals surface area contributed by atoms with Crippen LogP contribution < -0.4 is 0 Å². The van der Waals surface area contributed by atoms with Crippen molar-refractivity contribution in [1.82, 2.24) is 4.98 Å². The number of carbonyl (C=O) groups is 1. The van der Waals surface area contributed by atoms with E-state index >= 15 is 0 Å². The fourth-order valence-electron chi connectivity index (χ4n) is 1.67. The van der Waals surface area contributed by atoms with Gasteiger partial charge in [-0.15, -0.1) is 0 Å². The molecule has 0 fully saturated rings. The van der Waals surface area contributed by atoms with Crippen LogP contribution in [0.25, 0.3) is 0 Å². The van der Waals surface area contributed by atoms with Gasteiger partial charge in [0.05, 0.1) is 11.8 Å². The van der Waals surface area contributed by atoms with Crippen molar-refractivity contribution >= 4 is 21.7 Å². The molecule has 1 heterocycles. The normalized spacial score (nSPS) is 11.6. The fraction of sp³-hybridized carbons (Fsp3) is 0.0714. The van der Waals surface area contributed by atoms with Gasteiger partial charge < -0.3 is 0 Å². The average Bonchev–Trinajstić information content (AvgIpc) is 2.39. The van der Waals surface area contributed by atoms with Crippen LogP contribution in [0.2, 0.25) is 0 Å². The van der Waals surface area contributed by atoms with E-state index in [9.17, 15) is 9.18 Å². The van der Waals surface area contributed by atoms with E-state index in [-0.39, 0.29) is 5.56 Å². The number of nitrogens with zero attached hydrogens (tertiary/aromatic N) is 2. The highest BCUT2D eigenvalue weighted by atomic mass is 79.9. The Kier molecular flexibility index (Phi) is 4.03. The predicted molar refractivity (Wildman–Crippen MR) is 71.0 cm³/mol. The molecule has 0 N–H and O–H groups in total. The van der Waals surface area contributed by atoms with Gasteiger partial charge in [-0.2, -0.15) is 5.26 Å². The quantitative estimate of drug-likeness (QED) is 0.814. The Morgan fingerprint density at radius 2 is 2.16 bits per heavy atom. The topological polar surface area (TPSA) is 53.8 Å². The number of hydrogen-bond acceptors (Lipinski definition) is 3. The van der Waals surface area contributed by atoms with E-state index in [0.29, 0.717) is 10.2 Å². The van der Waals surface area contributed by atoms with E-state index in [1.807, 2.05) is 6.07 Å². The van der Waals surface area contributed by atoms with E-state index < -0.39 is 17.5 Å². The van der Waals surface area contributed by atoms with Crippen LogP contribution in [0, 0.1) is 17.1 Å². The first-order chi connectivity index (χ1) is 9.11. The zero-order valence-electron chi connectivity index (χ0n) is 9.68. The highest BCUT2D eigenvalue weighted by Crippen LogP contribution is 2.22. The highest BCUT2D eigenvalue weighted by Gasteiger charge is 2.23. The van der Waals surface area contributed by atoms with Gasteiger partial charge in [0.2, 0.25) is 0 Å². The average molecular weight is 319 g/mol. The van der Waals surface area contributed by atoms with Crippen LogP contribution in [-0.4, -0.2) is 10.8 Å². The molecule has 94 valence electrons. The summed E-state index contributed by atoms with van der Waals surface area (Å²) in [7, 11) is 0. The summed E-state index contributed by atoms with van der Waals surface area (Å²) < 4.78 is 13.7. The number of halogens is 2. The monoisotopic (exact) mass is 318 g/mol. The second-order valence-electron chi connectivity index (χ2n) is 3.84. The summed E-state index contributed by atoms with van der Waals surface area (Å²) in [5.41, 5.74) is 0.500. The molecule has 3 nitrogen and oxygen atoms in total. The van der Waals surface area contributed by atoms with Gasteiger partial charge in [-0.25, -0.2) is 4.39 Å². The third-order valence-electron chi connectivity index (χ3n) is 2.52. The lowest BCUT2D eigenvalue weighted by Crippen LogP contribution is -2.12. The number of pyridine rings is 1. The molecule has 0 aliphatic heterocycles. The summed E-state index contributed by atoms with van der Waals surface area (Å²) in [4.78, 5) is 16.2. The molecule has 0 aliphatic carbocycles. The van der Waals surface area contributed by atoms with Crippen LogP contribution in [0.1, 0.15) is 22.0 Å².